The van der Waals surface area contributed by atoms with Crippen molar-refractivity contribution in [2.75, 3.05) is 6.61 Å². The van der Waals surface area contributed by atoms with Crippen LogP contribution >= 0.6 is 0 Å². The molecule has 0 fully saturated rings. The lowest BCUT2D eigenvalue weighted by molar-refractivity contribution is -0.141. The van der Waals surface area contributed by atoms with Crippen molar-refractivity contribution in [3.63, 3.8) is 0 Å². The summed E-state index contributed by atoms with van der Waals surface area (Å²) in [6, 6.07) is 6.84. The summed E-state index contributed by atoms with van der Waals surface area (Å²) in [5.74, 6) is -0.219. The van der Waals surface area contributed by atoms with Crippen molar-refractivity contribution in [2.45, 2.75) is 39.2 Å². The number of carboxylic acids is 1. The number of carbonyl (C=O) groups excluding carboxylic acids is 1. The fraction of sp³-hybridized carbons (Fsp3) is 0.467. The van der Waals surface area contributed by atoms with E-state index < -0.39 is 12.0 Å². The number of benzene rings is 1. The van der Waals surface area contributed by atoms with Crippen molar-refractivity contribution >= 4 is 11.9 Å². The number of nitrogens with one attached hydrogen (secondary N) is 1. The molecule has 0 radical (unpaired) electrons. The van der Waals surface area contributed by atoms with Crippen LogP contribution in [-0.2, 0) is 9.59 Å². The van der Waals surface area contributed by atoms with Crippen LogP contribution in [0.4, 0.5) is 0 Å². The van der Waals surface area contributed by atoms with Gasteiger partial charge in [-0.25, -0.2) is 0 Å². The molecule has 0 unspecified atom stereocenters. The van der Waals surface area contributed by atoms with Crippen molar-refractivity contribution in [3.8, 4) is 5.75 Å². The highest BCUT2D eigenvalue weighted by Crippen LogP contribution is 2.18. The number of carboxylic acid groups (broad SMARTS) is 1. The van der Waals surface area contributed by atoms with Gasteiger partial charge in [0.05, 0.1) is 13.0 Å². The zero-order valence-electron chi connectivity index (χ0n) is 12.1. The molecule has 1 aromatic carbocycles. The van der Waals surface area contributed by atoms with Crippen LogP contribution in [0.15, 0.2) is 24.3 Å². The van der Waals surface area contributed by atoms with Crippen molar-refractivity contribution in [3.05, 3.63) is 29.8 Å². The second-order valence-electron chi connectivity index (χ2n) is 4.95. The third-order valence-corrected chi connectivity index (χ3v) is 2.89. The number of ether oxygens (including phenoxy) is 1. The van der Waals surface area contributed by atoms with E-state index in [-0.39, 0.29) is 18.9 Å². The maximum Gasteiger partial charge on any atom is 0.325 e. The highest BCUT2D eigenvalue weighted by molar-refractivity contribution is 5.83. The number of rotatable bonds is 7. The van der Waals surface area contributed by atoms with E-state index in [0.717, 1.165) is 0 Å². The minimum absolute atomic E-state index is 0.129. The molecule has 5 nitrogen and oxygen atoms in total. The smallest absolute Gasteiger partial charge is 0.325 e. The van der Waals surface area contributed by atoms with Crippen LogP contribution in [0.2, 0.25) is 0 Å². The summed E-state index contributed by atoms with van der Waals surface area (Å²) >= 11 is 0. The van der Waals surface area contributed by atoms with E-state index in [9.17, 15) is 9.59 Å². The Balaban J connectivity index is 2.33. The minimum Gasteiger partial charge on any atom is -0.493 e. The zero-order valence-corrected chi connectivity index (χ0v) is 12.1. The molecular weight excluding hydrogens is 258 g/mol. The lowest BCUT2D eigenvalue weighted by atomic mass is 10.0. The molecule has 0 saturated heterocycles. The third-order valence-electron chi connectivity index (χ3n) is 2.89. The van der Waals surface area contributed by atoms with Gasteiger partial charge in [-0.05, 0) is 30.5 Å². The van der Waals surface area contributed by atoms with Crippen LogP contribution in [0.3, 0.4) is 0 Å². The lowest BCUT2D eigenvalue weighted by Crippen LogP contribution is -2.38. The first kappa shape index (κ1) is 16.0. The quantitative estimate of drug-likeness (QED) is 0.802. The van der Waals surface area contributed by atoms with Gasteiger partial charge in [-0.3, -0.25) is 9.59 Å². The molecule has 2 N–H and O–H groups in total. The van der Waals surface area contributed by atoms with Crippen molar-refractivity contribution < 1.29 is 19.4 Å². The van der Waals surface area contributed by atoms with Crippen molar-refractivity contribution in [1.82, 2.24) is 5.32 Å². The molecule has 1 aromatic rings. The van der Waals surface area contributed by atoms with Crippen molar-refractivity contribution in [2.24, 2.45) is 0 Å². The van der Waals surface area contributed by atoms with Gasteiger partial charge >= 0.3 is 5.97 Å². The summed E-state index contributed by atoms with van der Waals surface area (Å²) in [7, 11) is 0. The molecule has 0 bridgehead atoms. The Bertz CT molecular complexity index is 453. The maximum absolute atomic E-state index is 11.4. The Hall–Kier alpha value is -2.04. The largest absolute Gasteiger partial charge is 0.493 e. The number of hydrogen-bond donors (Lipinski definition) is 2. The van der Waals surface area contributed by atoms with Crippen LogP contribution in [-0.4, -0.2) is 29.6 Å². The predicted octanol–water partition coefficient (Wildman–Crippen LogP) is 2.17. The fourth-order valence-electron chi connectivity index (χ4n) is 1.59. The topological polar surface area (TPSA) is 75.6 Å². The van der Waals surface area contributed by atoms with Gasteiger partial charge in [0.15, 0.2) is 0 Å². The highest BCUT2D eigenvalue weighted by Gasteiger charge is 2.13. The van der Waals surface area contributed by atoms with E-state index in [2.05, 4.69) is 19.2 Å². The fourth-order valence-corrected chi connectivity index (χ4v) is 1.59. The average Bonchev–Trinajstić information content (AvgIpc) is 2.39. The standard InChI is InChI=1S/C15H21NO4/c1-10(2)12-4-6-13(7-5-12)20-9-8-14(17)16-11(3)15(18)19/h4-7,10-11H,8-9H2,1-3H3,(H,16,17)(H,18,19)/t11-/m0/s1. The second-order valence-corrected chi connectivity index (χ2v) is 4.95. The summed E-state index contributed by atoms with van der Waals surface area (Å²) in [4.78, 5) is 22.0. The molecule has 0 aliphatic carbocycles. The van der Waals surface area contributed by atoms with E-state index in [1.807, 2.05) is 24.3 Å². The highest BCUT2D eigenvalue weighted by atomic mass is 16.5. The van der Waals surface area contributed by atoms with Crippen LogP contribution < -0.4 is 10.1 Å². The Morgan fingerprint density at radius 2 is 1.80 bits per heavy atom. The molecule has 0 saturated carbocycles. The monoisotopic (exact) mass is 279 g/mol. The lowest BCUT2D eigenvalue weighted by Gasteiger charge is -2.11. The average molecular weight is 279 g/mol. The molecular formula is C15H21NO4. The molecule has 0 aliphatic rings. The van der Waals surface area contributed by atoms with Gasteiger partial charge in [0.25, 0.3) is 0 Å². The molecule has 0 heterocycles. The molecule has 1 rings (SSSR count). The normalized spacial score (nSPS) is 12.0. The minimum atomic E-state index is -1.05. The van der Waals surface area contributed by atoms with Crippen LogP contribution in [0.1, 0.15) is 38.7 Å². The first-order chi connectivity index (χ1) is 9.40. The number of carbonyl (C=O) groups is 2. The number of aliphatic carboxylic acids is 1. The molecule has 110 valence electrons. The van der Waals surface area contributed by atoms with Gasteiger partial charge in [0.2, 0.25) is 5.91 Å². The van der Waals surface area contributed by atoms with Crippen LogP contribution in [0.5, 0.6) is 5.75 Å². The summed E-state index contributed by atoms with van der Waals surface area (Å²) in [6.45, 7) is 5.87. The summed E-state index contributed by atoms with van der Waals surface area (Å²) in [6.07, 6.45) is 0.129. The maximum atomic E-state index is 11.4. The first-order valence-corrected chi connectivity index (χ1v) is 6.65. The van der Waals surface area contributed by atoms with E-state index >= 15 is 0 Å². The molecule has 0 aromatic heterocycles. The second kappa shape index (κ2) is 7.53. The van der Waals surface area contributed by atoms with E-state index in [0.29, 0.717) is 11.7 Å². The van der Waals surface area contributed by atoms with Crippen LogP contribution in [0, 0.1) is 0 Å². The molecule has 1 atom stereocenters. The van der Waals surface area contributed by atoms with E-state index in [1.165, 1.54) is 12.5 Å². The summed E-state index contributed by atoms with van der Waals surface area (Å²) in [5.41, 5.74) is 1.23. The first-order valence-electron chi connectivity index (χ1n) is 6.65. The molecule has 20 heavy (non-hydrogen) atoms. The van der Waals surface area contributed by atoms with E-state index in [4.69, 9.17) is 9.84 Å². The Morgan fingerprint density at radius 1 is 1.20 bits per heavy atom. The van der Waals surface area contributed by atoms with Crippen molar-refractivity contribution in [1.29, 1.82) is 0 Å². The molecule has 0 spiro atoms. The third kappa shape index (κ3) is 5.30. The van der Waals surface area contributed by atoms with Gasteiger partial charge in [0.1, 0.15) is 11.8 Å². The number of amides is 1. The zero-order chi connectivity index (χ0) is 15.1. The van der Waals surface area contributed by atoms with Crippen LogP contribution in [0.25, 0.3) is 0 Å². The van der Waals surface area contributed by atoms with Gasteiger partial charge < -0.3 is 15.2 Å². The molecule has 0 aliphatic heterocycles. The number of hydrogen-bond acceptors (Lipinski definition) is 3. The summed E-state index contributed by atoms with van der Waals surface area (Å²) < 4.78 is 5.45. The van der Waals surface area contributed by atoms with E-state index in [1.54, 1.807) is 0 Å². The Morgan fingerprint density at radius 3 is 2.30 bits per heavy atom. The molecule has 5 heteroatoms. The predicted molar refractivity (Wildman–Crippen MR) is 75.9 cm³/mol. The van der Waals surface area contributed by atoms with Gasteiger partial charge in [-0.2, -0.15) is 0 Å². The Kier molecular flexibility index (Phi) is 6.03. The Labute approximate surface area is 118 Å². The SMILES string of the molecule is CC(C)c1ccc(OCCC(=O)N[C@@H](C)C(=O)O)cc1. The molecule has 1 amide bonds. The summed E-state index contributed by atoms with van der Waals surface area (Å²) in [5, 5.41) is 11.0. The van der Waals surface area contributed by atoms with Gasteiger partial charge in [0, 0.05) is 0 Å². The van der Waals surface area contributed by atoms with Gasteiger partial charge in [-0.1, -0.05) is 26.0 Å². The van der Waals surface area contributed by atoms with Gasteiger partial charge in [-0.15, -0.1) is 0 Å².